The van der Waals surface area contributed by atoms with Crippen molar-refractivity contribution in [3.63, 3.8) is 0 Å². The zero-order valence-corrected chi connectivity index (χ0v) is 15.7. The van der Waals surface area contributed by atoms with Crippen LogP contribution in [0.25, 0.3) is 0 Å². The summed E-state index contributed by atoms with van der Waals surface area (Å²) in [6, 6.07) is 0. The molecule has 0 bridgehead atoms. The van der Waals surface area contributed by atoms with Crippen LogP contribution < -0.4 is 0 Å². The lowest BCUT2D eigenvalue weighted by atomic mass is 10.1. The van der Waals surface area contributed by atoms with Crippen molar-refractivity contribution in [3.05, 3.63) is 0 Å². The van der Waals surface area contributed by atoms with E-state index in [4.69, 9.17) is 9.47 Å². The highest BCUT2D eigenvalue weighted by Crippen LogP contribution is 2.14. The van der Waals surface area contributed by atoms with Gasteiger partial charge < -0.3 is 9.47 Å². The molecule has 0 aliphatic carbocycles. The topological polar surface area (TPSA) is 52.6 Å². The molecule has 23 heavy (non-hydrogen) atoms. The van der Waals surface area contributed by atoms with Crippen molar-refractivity contribution in [1.29, 1.82) is 0 Å². The highest BCUT2D eigenvalue weighted by Gasteiger charge is 2.17. The summed E-state index contributed by atoms with van der Waals surface area (Å²) in [7, 11) is 0. The molecular weight excluding hydrogens is 292 g/mol. The molecule has 0 heterocycles. The summed E-state index contributed by atoms with van der Waals surface area (Å²) in [6.07, 6.45) is 7.11. The van der Waals surface area contributed by atoms with Gasteiger partial charge >= 0.3 is 11.9 Å². The van der Waals surface area contributed by atoms with E-state index in [-0.39, 0.29) is 37.0 Å². The summed E-state index contributed by atoms with van der Waals surface area (Å²) < 4.78 is 10.9. The Morgan fingerprint density at radius 1 is 0.826 bits per heavy atom. The fourth-order valence-electron chi connectivity index (χ4n) is 2.51. The standard InChI is InChI=1S/C19H36O4/c1-6-9-10-12-16(7-2)22-18(20)13-11-14-19(21)23-17(8-3)15(4)5/h15-17H,6-14H2,1-5H3. The Labute approximate surface area is 142 Å². The van der Waals surface area contributed by atoms with Crippen LogP contribution in [0, 0.1) is 5.92 Å². The Morgan fingerprint density at radius 2 is 1.43 bits per heavy atom. The molecule has 0 amide bonds. The smallest absolute Gasteiger partial charge is 0.306 e. The van der Waals surface area contributed by atoms with Gasteiger partial charge in [0.05, 0.1) is 0 Å². The maximum Gasteiger partial charge on any atom is 0.306 e. The molecular formula is C19H36O4. The Morgan fingerprint density at radius 3 is 1.91 bits per heavy atom. The maximum atomic E-state index is 11.8. The van der Waals surface area contributed by atoms with Gasteiger partial charge in [-0.3, -0.25) is 9.59 Å². The van der Waals surface area contributed by atoms with Crippen LogP contribution in [-0.2, 0) is 19.1 Å². The first-order valence-corrected chi connectivity index (χ1v) is 9.33. The monoisotopic (exact) mass is 328 g/mol. The van der Waals surface area contributed by atoms with Crippen molar-refractivity contribution in [2.75, 3.05) is 0 Å². The molecule has 0 aliphatic rings. The molecule has 4 nitrogen and oxygen atoms in total. The highest BCUT2D eigenvalue weighted by atomic mass is 16.5. The molecule has 0 rings (SSSR count). The van der Waals surface area contributed by atoms with Gasteiger partial charge in [0.2, 0.25) is 0 Å². The van der Waals surface area contributed by atoms with E-state index < -0.39 is 0 Å². The molecule has 136 valence electrons. The second-order valence-corrected chi connectivity index (χ2v) is 6.55. The van der Waals surface area contributed by atoms with E-state index in [2.05, 4.69) is 6.92 Å². The molecule has 0 fully saturated rings. The van der Waals surface area contributed by atoms with Crippen LogP contribution in [0.5, 0.6) is 0 Å². The summed E-state index contributed by atoms with van der Waals surface area (Å²) in [4.78, 5) is 23.6. The minimum atomic E-state index is -0.215. The number of hydrogen-bond acceptors (Lipinski definition) is 4. The number of hydrogen-bond donors (Lipinski definition) is 0. The second kappa shape index (κ2) is 13.4. The van der Waals surface area contributed by atoms with Gasteiger partial charge in [-0.05, 0) is 38.0 Å². The van der Waals surface area contributed by atoms with Crippen LogP contribution in [0.2, 0.25) is 0 Å². The Hall–Kier alpha value is -1.06. The predicted molar refractivity (Wildman–Crippen MR) is 93.2 cm³/mol. The molecule has 4 heteroatoms. The molecule has 0 spiro atoms. The summed E-state index contributed by atoms with van der Waals surface area (Å²) >= 11 is 0. The largest absolute Gasteiger partial charge is 0.462 e. The quantitative estimate of drug-likeness (QED) is 0.351. The van der Waals surface area contributed by atoms with Gasteiger partial charge in [0.25, 0.3) is 0 Å². The van der Waals surface area contributed by atoms with Crippen LogP contribution >= 0.6 is 0 Å². The number of carbonyl (C=O) groups excluding carboxylic acids is 2. The molecule has 0 N–H and O–H groups in total. The van der Waals surface area contributed by atoms with Gasteiger partial charge in [0, 0.05) is 12.8 Å². The molecule has 0 saturated heterocycles. The van der Waals surface area contributed by atoms with Crippen molar-refractivity contribution in [2.45, 2.75) is 105 Å². The molecule has 0 saturated carbocycles. The number of esters is 2. The molecule has 0 radical (unpaired) electrons. The summed E-state index contributed by atoms with van der Waals surface area (Å²) in [6.45, 7) is 10.3. The number of ether oxygens (including phenoxy) is 2. The van der Waals surface area contributed by atoms with E-state index in [0.29, 0.717) is 12.3 Å². The Kier molecular flexibility index (Phi) is 12.8. The van der Waals surface area contributed by atoms with Crippen LogP contribution in [0.15, 0.2) is 0 Å². The second-order valence-electron chi connectivity index (χ2n) is 6.55. The van der Waals surface area contributed by atoms with Gasteiger partial charge in [-0.15, -0.1) is 0 Å². The van der Waals surface area contributed by atoms with Crippen molar-refractivity contribution < 1.29 is 19.1 Å². The lowest BCUT2D eigenvalue weighted by Crippen LogP contribution is -2.23. The van der Waals surface area contributed by atoms with E-state index in [9.17, 15) is 9.59 Å². The van der Waals surface area contributed by atoms with Crippen molar-refractivity contribution in [2.24, 2.45) is 5.92 Å². The van der Waals surface area contributed by atoms with Crippen molar-refractivity contribution in [3.8, 4) is 0 Å². The van der Waals surface area contributed by atoms with Crippen molar-refractivity contribution >= 4 is 11.9 Å². The molecule has 0 aromatic rings. The molecule has 0 aromatic heterocycles. The lowest BCUT2D eigenvalue weighted by Gasteiger charge is -2.19. The number of unbranched alkanes of at least 4 members (excludes halogenated alkanes) is 2. The molecule has 2 unspecified atom stereocenters. The first kappa shape index (κ1) is 21.9. The minimum Gasteiger partial charge on any atom is -0.462 e. The lowest BCUT2D eigenvalue weighted by molar-refractivity contribution is -0.152. The van der Waals surface area contributed by atoms with Crippen molar-refractivity contribution in [1.82, 2.24) is 0 Å². The van der Waals surface area contributed by atoms with Gasteiger partial charge in [0.15, 0.2) is 0 Å². The first-order chi connectivity index (χ1) is 10.9. The van der Waals surface area contributed by atoms with E-state index in [1.807, 2.05) is 27.7 Å². The molecule has 2 atom stereocenters. The zero-order valence-electron chi connectivity index (χ0n) is 15.7. The number of carbonyl (C=O) groups is 2. The van der Waals surface area contributed by atoms with Gasteiger partial charge in [-0.25, -0.2) is 0 Å². The fourth-order valence-corrected chi connectivity index (χ4v) is 2.51. The molecule has 0 aliphatic heterocycles. The van der Waals surface area contributed by atoms with E-state index >= 15 is 0 Å². The third-order valence-electron chi connectivity index (χ3n) is 4.07. The maximum absolute atomic E-state index is 11.8. The average Bonchev–Trinajstić information content (AvgIpc) is 2.51. The van der Waals surface area contributed by atoms with E-state index in [1.165, 1.54) is 12.8 Å². The van der Waals surface area contributed by atoms with E-state index in [0.717, 1.165) is 25.7 Å². The molecule has 0 aromatic carbocycles. The predicted octanol–water partition coefficient (Wildman–Crippen LogP) is 5.04. The van der Waals surface area contributed by atoms with Crippen LogP contribution in [0.4, 0.5) is 0 Å². The van der Waals surface area contributed by atoms with E-state index in [1.54, 1.807) is 0 Å². The third kappa shape index (κ3) is 11.2. The Bertz CT molecular complexity index is 325. The van der Waals surface area contributed by atoms with Gasteiger partial charge in [-0.1, -0.05) is 47.5 Å². The summed E-state index contributed by atoms with van der Waals surface area (Å²) in [5.41, 5.74) is 0. The number of rotatable bonds is 13. The SMILES string of the molecule is CCCCCC(CC)OC(=O)CCCC(=O)OC(CC)C(C)C. The Balaban J connectivity index is 3.93. The first-order valence-electron chi connectivity index (χ1n) is 9.33. The minimum absolute atomic E-state index is 0.0198. The van der Waals surface area contributed by atoms with Gasteiger partial charge in [0.1, 0.15) is 12.2 Å². The normalized spacial score (nSPS) is 13.7. The summed E-state index contributed by atoms with van der Waals surface area (Å²) in [5, 5.41) is 0. The van der Waals surface area contributed by atoms with Crippen LogP contribution in [-0.4, -0.2) is 24.1 Å². The van der Waals surface area contributed by atoms with Crippen LogP contribution in [0.1, 0.15) is 92.4 Å². The zero-order chi connectivity index (χ0) is 17.7. The average molecular weight is 328 g/mol. The fraction of sp³-hybridized carbons (Fsp3) is 0.895. The van der Waals surface area contributed by atoms with Crippen LogP contribution in [0.3, 0.4) is 0 Å². The summed E-state index contributed by atoms with van der Waals surface area (Å²) in [5.74, 6) is -0.0901. The third-order valence-corrected chi connectivity index (χ3v) is 4.07. The highest BCUT2D eigenvalue weighted by molar-refractivity contribution is 5.72. The van der Waals surface area contributed by atoms with Gasteiger partial charge in [-0.2, -0.15) is 0 Å².